The Hall–Kier alpha value is -0.563. The molecule has 0 N–H and O–H groups in total. The molecule has 0 radical (unpaired) electrons. The summed E-state index contributed by atoms with van der Waals surface area (Å²) < 4.78 is 0. The Morgan fingerprint density at radius 2 is 1.86 bits per heavy atom. The average molecular weight is 299 g/mol. The lowest BCUT2D eigenvalue weighted by molar-refractivity contribution is 0.454. The standard InChI is InChI=1S/C20H30Si/c1-20(2,3)21(19-14-15-10-11-17(19)13-15)12-6-8-16-7-4-5-9-18(16)21/h4-5,7,9,15,17,19H,6,8,10-14H2,1-3H3. The number of hydrogen-bond donors (Lipinski definition) is 0. The van der Waals surface area contributed by atoms with Crippen molar-refractivity contribution < 1.29 is 0 Å². The Kier molecular flexibility index (Phi) is 3.16. The van der Waals surface area contributed by atoms with Gasteiger partial charge in [-0.15, -0.1) is 0 Å². The van der Waals surface area contributed by atoms with E-state index in [4.69, 9.17) is 0 Å². The van der Waals surface area contributed by atoms with Crippen molar-refractivity contribution in [3.05, 3.63) is 29.8 Å². The molecule has 2 bridgehead atoms. The Morgan fingerprint density at radius 1 is 1.05 bits per heavy atom. The molecule has 1 heterocycles. The quantitative estimate of drug-likeness (QED) is 0.619. The summed E-state index contributed by atoms with van der Waals surface area (Å²) in [5.74, 6) is 2.16. The summed E-state index contributed by atoms with van der Waals surface area (Å²) in [6.45, 7) is 7.73. The molecule has 0 nitrogen and oxygen atoms in total. The summed E-state index contributed by atoms with van der Waals surface area (Å²) >= 11 is 0. The monoisotopic (exact) mass is 298 g/mol. The highest BCUT2D eigenvalue weighted by molar-refractivity contribution is 6.95. The van der Waals surface area contributed by atoms with Gasteiger partial charge in [0.25, 0.3) is 0 Å². The zero-order valence-corrected chi connectivity index (χ0v) is 15.0. The van der Waals surface area contributed by atoms with Crippen molar-refractivity contribution in [3.63, 3.8) is 0 Å². The molecule has 4 atom stereocenters. The van der Waals surface area contributed by atoms with E-state index in [9.17, 15) is 0 Å². The van der Waals surface area contributed by atoms with E-state index in [1.54, 1.807) is 30.9 Å². The molecular weight excluding hydrogens is 268 g/mol. The highest BCUT2D eigenvalue weighted by atomic mass is 28.3. The molecule has 0 aromatic heterocycles. The van der Waals surface area contributed by atoms with Crippen LogP contribution < -0.4 is 5.19 Å². The molecule has 1 aromatic carbocycles. The molecular formula is C20H30Si. The van der Waals surface area contributed by atoms with Crippen LogP contribution in [-0.2, 0) is 6.42 Å². The van der Waals surface area contributed by atoms with E-state index in [1.807, 2.05) is 5.19 Å². The van der Waals surface area contributed by atoms with Crippen LogP contribution in [-0.4, -0.2) is 8.07 Å². The van der Waals surface area contributed by atoms with Crippen LogP contribution in [0, 0.1) is 11.8 Å². The third-order valence-electron chi connectivity index (χ3n) is 7.22. The molecule has 2 aliphatic carbocycles. The van der Waals surface area contributed by atoms with Crippen LogP contribution in [0.15, 0.2) is 24.3 Å². The first-order valence-electron chi connectivity index (χ1n) is 9.11. The van der Waals surface area contributed by atoms with Gasteiger partial charge in [-0.2, -0.15) is 0 Å². The Morgan fingerprint density at radius 3 is 2.52 bits per heavy atom. The van der Waals surface area contributed by atoms with E-state index in [2.05, 4.69) is 45.0 Å². The molecule has 2 saturated carbocycles. The van der Waals surface area contributed by atoms with Gasteiger partial charge in [0.05, 0.1) is 8.07 Å². The van der Waals surface area contributed by atoms with Crippen molar-refractivity contribution >= 4 is 13.3 Å². The van der Waals surface area contributed by atoms with Crippen LogP contribution >= 0.6 is 0 Å². The third-order valence-corrected chi connectivity index (χ3v) is 14.5. The minimum Gasteiger partial charge on any atom is -0.0627 e. The second-order valence-electron chi connectivity index (χ2n) is 9.01. The maximum atomic E-state index is 2.58. The number of aryl methyl sites for hydroxylation is 1. The first kappa shape index (κ1) is 14.1. The molecule has 1 heteroatoms. The Bertz CT molecular complexity index is 541. The van der Waals surface area contributed by atoms with Crippen molar-refractivity contribution in [2.24, 2.45) is 11.8 Å². The van der Waals surface area contributed by atoms with Gasteiger partial charge in [-0.25, -0.2) is 0 Å². The van der Waals surface area contributed by atoms with E-state index in [-0.39, 0.29) is 0 Å². The van der Waals surface area contributed by atoms with Crippen molar-refractivity contribution in [2.75, 3.05) is 0 Å². The van der Waals surface area contributed by atoms with Gasteiger partial charge >= 0.3 is 0 Å². The Balaban J connectivity index is 1.87. The van der Waals surface area contributed by atoms with E-state index >= 15 is 0 Å². The van der Waals surface area contributed by atoms with Crippen molar-refractivity contribution in [3.8, 4) is 0 Å². The van der Waals surface area contributed by atoms with Gasteiger partial charge in [0.15, 0.2) is 0 Å². The summed E-state index contributed by atoms with van der Waals surface area (Å²) in [5, 5.41) is 2.37. The molecule has 2 fully saturated rings. The Labute approximate surface area is 131 Å². The SMILES string of the molecule is CC(C)(C)[Si]1(C2CC3CCC2C3)CCCc2ccccc21. The lowest BCUT2D eigenvalue weighted by atomic mass is 10.00. The summed E-state index contributed by atoms with van der Waals surface area (Å²) in [6.07, 6.45) is 9.01. The van der Waals surface area contributed by atoms with Crippen LogP contribution in [0.25, 0.3) is 0 Å². The number of rotatable bonds is 1. The molecule has 1 aromatic rings. The summed E-state index contributed by atoms with van der Waals surface area (Å²) in [5.41, 5.74) is 2.80. The van der Waals surface area contributed by atoms with Crippen LogP contribution in [0.1, 0.15) is 58.4 Å². The highest BCUT2D eigenvalue weighted by Gasteiger charge is 2.58. The van der Waals surface area contributed by atoms with Crippen LogP contribution in [0.5, 0.6) is 0 Å². The average Bonchev–Trinajstić information content (AvgIpc) is 3.08. The maximum absolute atomic E-state index is 2.58. The lowest BCUT2D eigenvalue weighted by Crippen LogP contribution is -2.62. The molecule has 0 spiro atoms. The lowest BCUT2D eigenvalue weighted by Gasteiger charge is -2.53. The van der Waals surface area contributed by atoms with Gasteiger partial charge in [0, 0.05) is 0 Å². The fourth-order valence-corrected chi connectivity index (χ4v) is 13.9. The number of hydrogen-bond acceptors (Lipinski definition) is 0. The van der Waals surface area contributed by atoms with E-state index < -0.39 is 8.07 Å². The van der Waals surface area contributed by atoms with Crippen molar-refractivity contribution in [2.45, 2.75) is 75.9 Å². The molecule has 1 aliphatic heterocycles. The van der Waals surface area contributed by atoms with Gasteiger partial charge in [0.1, 0.15) is 0 Å². The smallest absolute Gasteiger partial charge is 0.0627 e. The molecule has 114 valence electrons. The molecule has 4 rings (SSSR count). The molecule has 21 heavy (non-hydrogen) atoms. The van der Waals surface area contributed by atoms with Gasteiger partial charge in [-0.1, -0.05) is 75.5 Å². The highest BCUT2D eigenvalue weighted by Crippen LogP contribution is 2.62. The van der Waals surface area contributed by atoms with Gasteiger partial charge in [-0.3, -0.25) is 0 Å². The first-order valence-corrected chi connectivity index (χ1v) is 11.4. The number of fused-ring (bicyclic) bond motifs is 3. The molecule has 0 amide bonds. The van der Waals surface area contributed by atoms with Gasteiger partial charge < -0.3 is 0 Å². The molecule has 4 unspecified atom stereocenters. The summed E-state index contributed by atoms with van der Waals surface area (Å²) in [4.78, 5) is 0. The zero-order valence-electron chi connectivity index (χ0n) is 14.0. The molecule has 0 saturated heterocycles. The van der Waals surface area contributed by atoms with E-state index in [0.29, 0.717) is 5.04 Å². The minimum absolute atomic E-state index is 0.513. The number of benzene rings is 1. The van der Waals surface area contributed by atoms with Crippen LogP contribution in [0.3, 0.4) is 0 Å². The van der Waals surface area contributed by atoms with Crippen LogP contribution in [0.4, 0.5) is 0 Å². The third kappa shape index (κ3) is 1.92. The second kappa shape index (κ2) is 4.71. The molecule has 3 aliphatic rings. The normalized spacial score (nSPS) is 38.5. The second-order valence-corrected chi connectivity index (χ2v) is 14.2. The predicted molar refractivity (Wildman–Crippen MR) is 93.9 cm³/mol. The van der Waals surface area contributed by atoms with E-state index in [1.165, 1.54) is 19.3 Å². The topological polar surface area (TPSA) is 0 Å². The minimum atomic E-state index is -1.43. The predicted octanol–water partition coefficient (Wildman–Crippen LogP) is 5.28. The van der Waals surface area contributed by atoms with Gasteiger partial charge in [0.2, 0.25) is 0 Å². The zero-order chi connectivity index (χ0) is 14.7. The summed E-state index contributed by atoms with van der Waals surface area (Å²) in [7, 11) is -1.43. The maximum Gasteiger partial charge on any atom is 0.0957 e. The fraction of sp³-hybridized carbons (Fsp3) is 0.700. The van der Waals surface area contributed by atoms with Gasteiger partial charge in [-0.05, 0) is 47.2 Å². The summed E-state index contributed by atoms with van der Waals surface area (Å²) in [6, 6.07) is 11.1. The first-order chi connectivity index (χ1) is 10.0. The van der Waals surface area contributed by atoms with E-state index in [0.717, 1.165) is 17.4 Å². The largest absolute Gasteiger partial charge is 0.0957 e. The van der Waals surface area contributed by atoms with Crippen molar-refractivity contribution in [1.29, 1.82) is 0 Å². The fourth-order valence-electron chi connectivity index (χ4n) is 6.43. The van der Waals surface area contributed by atoms with Crippen LogP contribution in [0.2, 0.25) is 16.6 Å². The van der Waals surface area contributed by atoms with Crippen molar-refractivity contribution in [1.82, 2.24) is 0 Å².